The molecule has 0 atom stereocenters. The van der Waals surface area contributed by atoms with Crippen molar-refractivity contribution in [1.82, 2.24) is 0 Å². The third-order valence-corrected chi connectivity index (χ3v) is 3.20. The van der Waals surface area contributed by atoms with Crippen molar-refractivity contribution in [2.45, 2.75) is 12.8 Å². The monoisotopic (exact) mass is 353 g/mol. The van der Waals surface area contributed by atoms with Crippen molar-refractivity contribution in [3.05, 3.63) is 54.1 Å². The zero-order chi connectivity index (χ0) is 18.3. The molecule has 2 aromatic rings. The molecule has 0 heterocycles. The first kappa shape index (κ1) is 18.4. The highest BCUT2D eigenvalue weighted by atomic mass is 19.4. The molecule has 0 bridgehead atoms. The minimum absolute atomic E-state index is 0.250. The second-order valence-corrected chi connectivity index (χ2v) is 5.06. The molecule has 0 unspecified atom stereocenters. The highest BCUT2D eigenvalue weighted by Crippen LogP contribution is 2.22. The van der Waals surface area contributed by atoms with E-state index in [9.17, 15) is 13.2 Å². The van der Waals surface area contributed by atoms with E-state index < -0.39 is 6.36 Å². The maximum Gasteiger partial charge on any atom is 0.573 e. The van der Waals surface area contributed by atoms with Crippen molar-refractivity contribution in [3.8, 4) is 11.5 Å². The molecule has 0 spiro atoms. The lowest BCUT2D eigenvalue weighted by Gasteiger charge is -2.09. The molecule has 0 aliphatic rings. The van der Waals surface area contributed by atoms with Crippen LogP contribution >= 0.6 is 0 Å². The number of anilines is 1. The van der Waals surface area contributed by atoms with E-state index in [4.69, 9.17) is 10.5 Å². The van der Waals surface area contributed by atoms with Crippen LogP contribution in [0.3, 0.4) is 0 Å². The Bertz CT molecular complexity index is 699. The summed E-state index contributed by atoms with van der Waals surface area (Å²) in [6.45, 7) is 0.397. The average Bonchev–Trinajstić information content (AvgIpc) is 2.56. The molecule has 0 radical (unpaired) electrons. The molecule has 0 aromatic heterocycles. The number of nitrogens with one attached hydrogen (secondary N) is 1. The molecule has 0 saturated heterocycles. The van der Waals surface area contributed by atoms with E-state index in [0.29, 0.717) is 13.0 Å². The zero-order valence-electron chi connectivity index (χ0n) is 13.5. The molecular formula is C17H18F3N3O2. The Morgan fingerprint density at radius 1 is 1.04 bits per heavy atom. The van der Waals surface area contributed by atoms with E-state index >= 15 is 0 Å². The number of hydrogen-bond acceptors (Lipinski definition) is 3. The number of rotatable bonds is 6. The molecule has 5 nitrogen and oxygen atoms in total. The van der Waals surface area contributed by atoms with Crippen molar-refractivity contribution in [2.24, 2.45) is 10.7 Å². The molecule has 8 heteroatoms. The van der Waals surface area contributed by atoms with Gasteiger partial charge in [0.25, 0.3) is 0 Å². The van der Waals surface area contributed by atoms with Crippen LogP contribution < -0.4 is 20.5 Å². The van der Waals surface area contributed by atoms with Crippen LogP contribution in [-0.4, -0.2) is 26.0 Å². The summed E-state index contributed by atoms with van der Waals surface area (Å²) in [6, 6.07) is 12.9. The Morgan fingerprint density at radius 2 is 1.64 bits per heavy atom. The Kier molecular flexibility index (Phi) is 6.10. The van der Waals surface area contributed by atoms with Crippen LogP contribution in [0, 0.1) is 0 Å². The van der Waals surface area contributed by atoms with E-state index in [-0.39, 0.29) is 11.7 Å². The van der Waals surface area contributed by atoms with Crippen LogP contribution in [0.4, 0.5) is 18.9 Å². The number of halogens is 3. The van der Waals surface area contributed by atoms with Crippen molar-refractivity contribution in [1.29, 1.82) is 0 Å². The topological polar surface area (TPSA) is 68.9 Å². The first-order chi connectivity index (χ1) is 11.9. The van der Waals surface area contributed by atoms with Gasteiger partial charge in [-0.05, 0) is 48.4 Å². The maximum absolute atomic E-state index is 12.1. The van der Waals surface area contributed by atoms with Crippen LogP contribution in [0.15, 0.2) is 53.5 Å². The summed E-state index contributed by atoms with van der Waals surface area (Å²) in [5.74, 6) is 0.738. The molecule has 2 aromatic carbocycles. The molecule has 25 heavy (non-hydrogen) atoms. The largest absolute Gasteiger partial charge is 0.573 e. The van der Waals surface area contributed by atoms with Crippen molar-refractivity contribution in [2.75, 3.05) is 19.0 Å². The van der Waals surface area contributed by atoms with E-state index in [1.165, 1.54) is 12.1 Å². The summed E-state index contributed by atoms with van der Waals surface area (Å²) in [7, 11) is 1.58. The molecule has 0 saturated carbocycles. The summed E-state index contributed by atoms with van der Waals surface area (Å²) in [5.41, 5.74) is 7.40. The van der Waals surface area contributed by atoms with Gasteiger partial charge in [0.05, 0.1) is 7.11 Å². The lowest BCUT2D eigenvalue weighted by atomic mass is 10.1. The zero-order valence-corrected chi connectivity index (χ0v) is 13.5. The molecule has 3 N–H and O–H groups in total. The molecule has 0 fully saturated rings. The Balaban J connectivity index is 1.82. The summed E-state index contributed by atoms with van der Waals surface area (Å²) in [6.07, 6.45) is -4.15. The van der Waals surface area contributed by atoms with Gasteiger partial charge in [-0.1, -0.05) is 12.1 Å². The minimum atomic E-state index is -4.69. The first-order valence-electron chi connectivity index (χ1n) is 7.41. The smallest absolute Gasteiger partial charge is 0.497 e. The van der Waals surface area contributed by atoms with Gasteiger partial charge in [-0.15, -0.1) is 13.2 Å². The van der Waals surface area contributed by atoms with E-state index in [2.05, 4.69) is 15.0 Å². The quantitative estimate of drug-likeness (QED) is 0.615. The Morgan fingerprint density at radius 3 is 2.20 bits per heavy atom. The van der Waals surface area contributed by atoms with Gasteiger partial charge in [0.1, 0.15) is 11.5 Å². The predicted molar refractivity (Wildman–Crippen MR) is 89.9 cm³/mol. The molecular weight excluding hydrogens is 335 g/mol. The molecule has 0 aliphatic heterocycles. The number of benzene rings is 2. The second-order valence-electron chi connectivity index (χ2n) is 5.06. The normalized spacial score (nSPS) is 11.9. The summed E-state index contributed by atoms with van der Waals surface area (Å²) >= 11 is 0. The van der Waals surface area contributed by atoms with Gasteiger partial charge in [0.2, 0.25) is 0 Å². The van der Waals surface area contributed by atoms with Gasteiger partial charge < -0.3 is 20.5 Å². The summed E-state index contributed by atoms with van der Waals surface area (Å²) < 4.78 is 45.1. The summed E-state index contributed by atoms with van der Waals surface area (Å²) in [5, 5.41) is 2.94. The number of nitrogens with two attached hydrogens (primary N) is 1. The Labute approximate surface area is 143 Å². The van der Waals surface area contributed by atoms with E-state index in [1.54, 1.807) is 43.5 Å². The van der Waals surface area contributed by atoms with Gasteiger partial charge in [-0.2, -0.15) is 0 Å². The number of methoxy groups -OCH3 is 1. The number of nitrogens with zero attached hydrogens (tertiary/aromatic N) is 1. The van der Waals surface area contributed by atoms with Gasteiger partial charge in [0.15, 0.2) is 5.96 Å². The molecule has 0 amide bonds. The first-order valence-corrected chi connectivity index (χ1v) is 7.41. The lowest BCUT2D eigenvalue weighted by Crippen LogP contribution is -2.23. The van der Waals surface area contributed by atoms with Crippen LogP contribution in [0.25, 0.3) is 0 Å². The number of hydrogen-bond donors (Lipinski definition) is 2. The van der Waals surface area contributed by atoms with Crippen molar-refractivity contribution in [3.63, 3.8) is 0 Å². The SMILES string of the molecule is COc1ccc(NC(N)=NCCc2ccc(OC(F)(F)F)cc2)cc1. The van der Waals surface area contributed by atoms with Crippen LogP contribution in [0.2, 0.25) is 0 Å². The molecule has 0 aliphatic carbocycles. The molecule has 134 valence electrons. The maximum atomic E-state index is 12.1. The number of alkyl halides is 3. The Hall–Kier alpha value is -2.90. The minimum Gasteiger partial charge on any atom is -0.497 e. The fraction of sp³-hybridized carbons (Fsp3) is 0.235. The van der Waals surface area contributed by atoms with Gasteiger partial charge in [-0.3, -0.25) is 4.99 Å². The van der Waals surface area contributed by atoms with Gasteiger partial charge in [0, 0.05) is 12.2 Å². The van der Waals surface area contributed by atoms with Gasteiger partial charge in [-0.25, -0.2) is 0 Å². The van der Waals surface area contributed by atoms with Crippen molar-refractivity contribution >= 4 is 11.6 Å². The van der Waals surface area contributed by atoms with Crippen LogP contribution in [0.5, 0.6) is 11.5 Å². The highest BCUT2D eigenvalue weighted by molar-refractivity contribution is 5.92. The van der Waals surface area contributed by atoms with Crippen LogP contribution in [-0.2, 0) is 6.42 Å². The van der Waals surface area contributed by atoms with E-state index in [0.717, 1.165) is 17.0 Å². The average molecular weight is 353 g/mol. The van der Waals surface area contributed by atoms with E-state index in [1.807, 2.05) is 0 Å². The lowest BCUT2D eigenvalue weighted by molar-refractivity contribution is -0.274. The van der Waals surface area contributed by atoms with Crippen molar-refractivity contribution < 1.29 is 22.6 Å². The third-order valence-electron chi connectivity index (χ3n) is 3.20. The van der Waals surface area contributed by atoms with Gasteiger partial charge >= 0.3 is 6.36 Å². The number of aliphatic imine (C=N–C) groups is 1. The number of guanidine groups is 1. The predicted octanol–water partition coefficient (Wildman–Crippen LogP) is 3.56. The summed E-state index contributed by atoms with van der Waals surface area (Å²) in [4.78, 5) is 4.18. The highest BCUT2D eigenvalue weighted by Gasteiger charge is 2.30. The fourth-order valence-electron chi connectivity index (χ4n) is 2.03. The fourth-order valence-corrected chi connectivity index (χ4v) is 2.03. The third kappa shape index (κ3) is 6.62. The van der Waals surface area contributed by atoms with Crippen LogP contribution in [0.1, 0.15) is 5.56 Å². The standard InChI is InChI=1S/C17H18F3N3O2/c1-24-14-8-4-13(5-9-14)23-16(21)22-11-10-12-2-6-15(7-3-12)25-17(18,19)20/h2-9H,10-11H2,1H3,(H3,21,22,23). The molecule has 2 rings (SSSR count). The number of ether oxygens (including phenoxy) is 2. The second kappa shape index (κ2) is 8.27.